The fourth-order valence-corrected chi connectivity index (χ4v) is 7.84. The van der Waals surface area contributed by atoms with Crippen LogP contribution in [0.2, 0.25) is 5.02 Å². The number of halogens is 7. The number of fused-ring (bicyclic) bond motifs is 3. The van der Waals surface area contributed by atoms with E-state index in [4.69, 9.17) is 11.6 Å². The molecular weight excluding hydrogens is 670 g/mol. The van der Waals surface area contributed by atoms with Gasteiger partial charge in [0.15, 0.2) is 0 Å². The van der Waals surface area contributed by atoms with Crippen molar-refractivity contribution in [1.82, 2.24) is 10.4 Å². The molecule has 0 aromatic heterocycles. The van der Waals surface area contributed by atoms with E-state index in [-0.39, 0.29) is 41.2 Å². The molecular formula is C32H29ClF6N4O3S. The van der Waals surface area contributed by atoms with Crippen LogP contribution in [-0.4, -0.2) is 51.6 Å². The average molecular weight is 699 g/mol. The molecule has 1 saturated carbocycles. The first kappa shape index (κ1) is 33.2. The van der Waals surface area contributed by atoms with E-state index < -0.39 is 44.4 Å². The second-order valence-electron chi connectivity index (χ2n) is 11.7. The molecule has 3 aromatic carbocycles. The number of nitrogens with zero attached hydrogens (tertiary/aromatic N) is 3. The molecule has 2 aliphatic heterocycles. The maximum atomic E-state index is 14.1. The zero-order valence-corrected chi connectivity index (χ0v) is 26.2. The van der Waals surface area contributed by atoms with Crippen LogP contribution in [0.25, 0.3) is 12.2 Å². The summed E-state index contributed by atoms with van der Waals surface area (Å²) in [5, 5.41) is 1.61. The normalized spacial score (nSPS) is 19.3. The van der Waals surface area contributed by atoms with Crippen LogP contribution in [0.15, 0.2) is 65.6 Å². The largest absolute Gasteiger partial charge is 0.417 e. The Morgan fingerprint density at radius 2 is 1.62 bits per heavy atom. The highest BCUT2D eigenvalue weighted by atomic mass is 35.5. The number of anilines is 2. The summed E-state index contributed by atoms with van der Waals surface area (Å²) in [5.41, 5.74) is 1.55. The van der Waals surface area contributed by atoms with E-state index in [0.29, 0.717) is 30.4 Å². The maximum Gasteiger partial charge on any atom is 0.417 e. The molecule has 2 heterocycles. The van der Waals surface area contributed by atoms with Gasteiger partial charge in [0.2, 0.25) is 5.91 Å². The van der Waals surface area contributed by atoms with Crippen LogP contribution < -0.4 is 14.6 Å². The monoisotopic (exact) mass is 698 g/mol. The molecule has 0 unspecified atom stereocenters. The molecule has 1 N–H and O–H groups in total. The highest BCUT2D eigenvalue weighted by molar-refractivity contribution is 7.92. The lowest BCUT2D eigenvalue weighted by Crippen LogP contribution is -2.64. The number of benzene rings is 3. The Kier molecular flexibility index (Phi) is 8.72. The van der Waals surface area contributed by atoms with E-state index in [9.17, 15) is 39.6 Å². The van der Waals surface area contributed by atoms with Crippen LogP contribution in [0.5, 0.6) is 0 Å². The number of hydrogen-bond acceptors (Lipinski definition) is 5. The van der Waals surface area contributed by atoms with Gasteiger partial charge in [0.1, 0.15) is 0 Å². The standard InChI is InChI=1S/C32H29ClF6N4O3S/c33-27-9-3-8-26(32(37,38)39)25(27)12-10-20-11-13-28-29(16-20)43(47(45,46)24-7-2-6-22(17-24)31(34,35)36)19-23-18-41(14-15-42(23)28)40-30(44)21-4-1-5-21/h2-3,6-13,16-17,21,23H,1,4-5,14-15,18-19H2,(H,40,44)/b12-10+/t23-/m0/s1. The summed E-state index contributed by atoms with van der Waals surface area (Å²) in [4.78, 5) is 14.0. The average Bonchev–Trinajstić information content (AvgIpc) is 2.98. The number of carbonyl (C=O) groups is 1. The summed E-state index contributed by atoms with van der Waals surface area (Å²) in [6.07, 6.45) is -4.32. The third-order valence-electron chi connectivity index (χ3n) is 8.73. The van der Waals surface area contributed by atoms with E-state index in [2.05, 4.69) is 5.43 Å². The van der Waals surface area contributed by atoms with E-state index in [1.54, 1.807) is 17.1 Å². The van der Waals surface area contributed by atoms with Gasteiger partial charge in [-0.05, 0) is 60.9 Å². The Bertz CT molecular complexity index is 1830. The molecule has 0 bridgehead atoms. The Morgan fingerprint density at radius 1 is 0.872 bits per heavy atom. The maximum absolute atomic E-state index is 14.1. The first-order chi connectivity index (χ1) is 22.1. The number of alkyl halides is 6. The topological polar surface area (TPSA) is 73.0 Å². The van der Waals surface area contributed by atoms with Crippen molar-refractivity contribution >= 4 is 51.1 Å². The van der Waals surface area contributed by atoms with Gasteiger partial charge in [-0.25, -0.2) is 13.4 Å². The van der Waals surface area contributed by atoms with Crippen LogP contribution >= 0.6 is 11.6 Å². The number of sulfonamides is 1. The van der Waals surface area contributed by atoms with Crippen molar-refractivity contribution in [3.8, 4) is 0 Å². The predicted octanol–water partition coefficient (Wildman–Crippen LogP) is 7.08. The lowest BCUT2D eigenvalue weighted by molar-refractivity contribution is -0.138. The van der Waals surface area contributed by atoms with Crippen LogP contribution in [0.3, 0.4) is 0 Å². The van der Waals surface area contributed by atoms with Crippen LogP contribution in [0.1, 0.15) is 41.5 Å². The van der Waals surface area contributed by atoms with Crippen molar-refractivity contribution < 1.29 is 39.6 Å². The fraction of sp³-hybridized carbons (Fsp3) is 0.344. The molecule has 0 spiro atoms. The lowest BCUT2D eigenvalue weighted by atomic mass is 9.85. The number of amides is 1. The summed E-state index contributed by atoms with van der Waals surface area (Å²) < 4.78 is 111. The van der Waals surface area contributed by atoms with Crippen LogP contribution in [0.4, 0.5) is 37.7 Å². The van der Waals surface area contributed by atoms with Crippen molar-refractivity contribution in [2.75, 3.05) is 35.4 Å². The zero-order chi connectivity index (χ0) is 33.7. The third-order valence-corrected chi connectivity index (χ3v) is 10.8. The second kappa shape index (κ2) is 12.4. The molecule has 1 atom stereocenters. The van der Waals surface area contributed by atoms with Gasteiger partial charge in [-0.15, -0.1) is 0 Å². The quantitative estimate of drug-likeness (QED) is 0.220. The lowest BCUT2D eigenvalue weighted by Gasteiger charge is -2.49. The van der Waals surface area contributed by atoms with Crippen molar-refractivity contribution in [2.45, 2.75) is 42.6 Å². The van der Waals surface area contributed by atoms with Gasteiger partial charge >= 0.3 is 12.4 Å². The van der Waals surface area contributed by atoms with Gasteiger partial charge in [0.25, 0.3) is 10.0 Å². The molecule has 1 amide bonds. The molecule has 2 fully saturated rings. The molecule has 3 aliphatic rings. The minimum atomic E-state index is -4.78. The Morgan fingerprint density at radius 3 is 2.30 bits per heavy atom. The molecule has 250 valence electrons. The Labute approximate surface area is 272 Å². The summed E-state index contributed by atoms with van der Waals surface area (Å²) in [7, 11) is -4.57. The van der Waals surface area contributed by atoms with Gasteiger partial charge in [-0.2, -0.15) is 26.3 Å². The smallest absolute Gasteiger partial charge is 0.362 e. The van der Waals surface area contributed by atoms with Gasteiger partial charge in [0.05, 0.1) is 40.0 Å². The van der Waals surface area contributed by atoms with Crippen molar-refractivity contribution in [3.63, 3.8) is 0 Å². The molecule has 3 aromatic rings. The molecule has 15 heteroatoms. The number of nitrogens with one attached hydrogen (secondary N) is 1. The van der Waals surface area contributed by atoms with Crippen molar-refractivity contribution in [1.29, 1.82) is 0 Å². The molecule has 6 rings (SSSR count). The number of hydrogen-bond donors (Lipinski definition) is 1. The molecule has 47 heavy (non-hydrogen) atoms. The number of carbonyl (C=O) groups excluding carboxylic acids is 1. The zero-order valence-electron chi connectivity index (χ0n) is 24.7. The molecule has 1 aliphatic carbocycles. The summed E-state index contributed by atoms with van der Waals surface area (Å²) >= 11 is 6.11. The summed E-state index contributed by atoms with van der Waals surface area (Å²) in [6.45, 7) is 0.936. The highest BCUT2D eigenvalue weighted by Gasteiger charge is 2.42. The van der Waals surface area contributed by atoms with E-state index in [1.165, 1.54) is 30.4 Å². The predicted molar refractivity (Wildman–Crippen MR) is 166 cm³/mol. The molecule has 0 radical (unpaired) electrons. The van der Waals surface area contributed by atoms with Crippen LogP contribution in [0, 0.1) is 5.92 Å². The number of hydrazine groups is 1. The Balaban J connectivity index is 1.38. The second-order valence-corrected chi connectivity index (χ2v) is 14.0. The van der Waals surface area contributed by atoms with Gasteiger partial charge in [-0.3, -0.25) is 14.5 Å². The first-order valence-corrected chi connectivity index (χ1v) is 16.6. The van der Waals surface area contributed by atoms with Crippen molar-refractivity contribution in [3.05, 3.63) is 87.9 Å². The fourth-order valence-electron chi connectivity index (χ4n) is 6.05. The van der Waals surface area contributed by atoms with E-state index in [1.807, 2.05) is 4.90 Å². The SMILES string of the molecule is O=C(NN1CCN2c3ccc(/C=C/c4c(Cl)cccc4C(F)(F)F)cc3N(S(=O)(=O)c3cccc(C(F)(F)F)c3)C[C@@H]2C1)C1CCC1. The van der Waals surface area contributed by atoms with Crippen molar-refractivity contribution in [2.24, 2.45) is 5.92 Å². The minimum Gasteiger partial charge on any atom is -0.362 e. The summed E-state index contributed by atoms with van der Waals surface area (Å²) in [6, 6.07) is 11.1. The number of piperazine rings is 1. The van der Waals surface area contributed by atoms with Gasteiger partial charge < -0.3 is 4.90 Å². The Hall–Kier alpha value is -3.75. The molecule has 1 saturated heterocycles. The highest BCUT2D eigenvalue weighted by Crippen LogP contribution is 2.42. The third kappa shape index (κ3) is 6.68. The first-order valence-electron chi connectivity index (χ1n) is 14.8. The van der Waals surface area contributed by atoms with Gasteiger partial charge in [-0.1, -0.05) is 48.4 Å². The summed E-state index contributed by atoms with van der Waals surface area (Å²) in [5.74, 6) is -0.166. The van der Waals surface area contributed by atoms with E-state index in [0.717, 1.165) is 47.8 Å². The van der Waals surface area contributed by atoms with Gasteiger partial charge in [0, 0.05) is 36.1 Å². The molecule has 7 nitrogen and oxygen atoms in total. The van der Waals surface area contributed by atoms with Crippen LogP contribution in [-0.2, 0) is 27.2 Å². The minimum absolute atomic E-state index is 0.0673. The number of rotatable bonds is 6. The van der Waals surface area contributed by atoms with E-state index >= 15 is 0 Å².